The van der Waals surface area contributed by atoms with Crippen molar-refractivity contribution in [2.45, 2.75) is 13.0 Å². The maximum absolute atomic E-state index is 13.1. The van der Waals surface area contributed by atoms with Gasteiger partial charge in [0.1, 0.15) is 18.2 Å². The third-order valence-electron chi connectivity index (χ3n) is 2.75. The van der Waals surface area contributed by atoms with E-state index >= 15 is 0 Å². The Morgan fingerprint density at radius 1 is 1.19 bits per heavy atom. The first-order valence-corrected chi connectivity index (χ1v) is 6.13. The molecule has 1 aromatic carbocycles. The first-order chi connectivity index (χ1) is 10.1. The molecule has 0 saturated carbocycles. The molecule has 0 unspecified atom stereocenters. The van der Waals surface area contributed by atoms with Crippen LogP contribution in [0.2, 0.25) is 0 Å². The maximum atomic E-state index is 13.1. The van der Waals surface area contributed by atoms with Crippen LogP contribution in [0.25, 0.3) is 0 Å². The summed E-state index contributed by atoms with van der Waals surface area (Å²) >= 11 is 0. The van der Waals surface area contributed by atoms with Crippen LogP contribution < -0.4 is 5.73 Å². The standard InChI is InChI=1S/C13H11F2N5O/c14-9-1-8(2-10(15)4-9)3-12-18-13(21-19-12)7-20-6-11(16)5-17-20/h1-2,4-6H,3,7,16H2. The first kappa shape index (κ1) is 13.2. The molecule has 0 aliphatic carbocycles. The molecule has 8 heteroatoms. The number of benzene rings is 1. The van der Waals surface area contributed by atoms with Crippen molar-refractivity contribution in [3.05, 3.63) is 59.5 Å². The number of nitrogens with two attached hydrogens (primary N) is 1. The smallest absolute Gasteiger partial charge is 0.248 e. The maximum Gasteiger partial charge on any atom is 0.248 e. The Kier molecular flexibility index (Phi) is 3.35. The zero-order chi connectivity index (χ0) is 14.8. The van der Waals surface area contributed by atoms with E-state index < -0.39 is 11.6 Å². The summed E-state index contributed by atoms with van der Waals surface area (Å²) in [7, 11) is 0. The molecule has 0 radical (unpaired) electrons. The number of hydrogen-bond donors (Lipinski definition) is 1. The van der Waals surface area contributed by atoms with Crippen LogP contribution in [-0.4, -0.2) is 19.9 Å². The Hall–Kier alpha value is -2.77. The fraction of sp³-hybridized carbons (Fsp3) is 0.154. The Labute approximate surface area is 118 Å². The third kappa shape index (κ3) is 3.22. The predicted octanol–water partition coefficient (Wildman–Crippen LogP) is 1.77. The van der Waals surface area contributed by atoms with Gasteiger partial charge in [0.05, 0.1) is 11.9 Å². The Bertz CT molecular complexity index is 747. The van der Waals surface area contributed by atoms with Gasteiger partial charge in [0.25, 0.3) is 0 Å². The Balaban J connectivity index is 1.72. The highest BCUT2D eigenvalue weighted by Crippen LogP contribution is 2.12. The number of rotatable bonds is 4. The van der Waals surface area contributed by atoms with Crippen molar-refractivity contribution in [1.29, 1.82) is 0 Å². The summed E-state index contributed by atoms with van der Waals surface area (Å²) in [4.78, 5) is 4.15. The van der Waals surface area contributed by atoms with Gasteiger partial charge in [-0.2, -0.15) is 10.1 Å². The molecule has 108 valence electrons. The molecule has 6 nitrogen and oxygen atoms in total. The highest BCUT2D eigenvalue weighted by molar-refractivity contribution is 5.30. The summed E-state index contributed by atoms with van der Waals surface area (Å²) in [6, 6.07) is 3.27. The molecular weight excluding hydrogens is 280 g/mol. The molecule has 0 spiro atoms. The summed E-state index contributed by atoms with van der Waals surface area (Å²) < 4.78 is 32.8. The molecule has 0 saturated heterocycles. The van der Waals surface area contributed by atoms with E-state index in [4.69, 9.17) is 10.3 Å². The molecule has 3 aromatic rings. The van der Waals surface area contributed by atoms with Gasteiger partial charge in [0.15, 0.2) is 5.82 Å². The van der Waals surface area contributed by atoms with E-state index in [1.165, 1.54) is 18.3 Å². The number of nitrogen functional groups attached to an aromatic ring is 1. The van der Waals surface area contributed by atoms with E-state index in [0.29, 0.717) is 23.0 Å². The quantitative estimate of drug-likeness (QED) is 0.792. The number of anilines is 1. The average molecular weight is 291 g/mol. The van der Waals surface area contributed by atoms with Crippen molar-refractivity contribution in [2.75, 3.05) is 5.73 Å². The molecule has 0 aliphatic heterocycles. The molecule has 2 N–H and O–H groups in total. The Morgan fingerprint density at radius 3 is 2.62 bits per heavy atom. The lowest BCUT2D eigenvalue weighted by Gasteiger charge is -1.98. The summed E-state index contributed by atoms with van der Waals surface area (Å²) in [5.74, 6) is -0.596. The number of halogens is 2. The normalized spacial score (nSPS) is 11.0. The molecule has 0 amide bonds. The van der Waals surface area contributed by atoms with Gasteiger partial charge in [-0.05, 0) is 17.7 Å². The lowest BCUT2D eigenvalue weighted by atomic mass is 10.1. The zero-order valence-electron chi connectivity index (χ0n) is 10.8. The highest BCUT2D eigenvalue weighted by Gasteiger charge is 2.10. The van der Waals surface area contributed by atoms with Crippen molar-refractivity contribution in [1.82, 2.24) is 19.9 Å². The number of aromatic nitrogens is 4. The van der Waals surface area contributed by atoms with E-state index in [0.717, 1.165) is 6.07 Å². The Morgan fingerprint density at radius 2 is 1.95 bits per heavy atom. The highest BCUT2D eigenvalue weighted by atomic mass is 19.1. The molecule has 0 fully saturated rings. The van der Waals surface area contributed by atoms with Crippen molar-refractivity contribution in [3.63, 3.8) is 0 Å². The lowest BCUT2D eigenvalue weighted by Crippen LogP contribution is -2.00. The van der Waals surface area contributed by atoms with Gasteiger partial charge < -0.3 is 10.3 Å². The van der Waals surface area contributed by atoms with E-state index in [9.17, 15) is 8.78 Å². The molecule has 2 heterocycles. The van der Waals surface area contributed by atoms with E-state index in [2.05, 4.69) is 15.2 Å². The average Bonchev–Trinajstić information content (AvgIpc) is 2.98. The predicted molar refractivity (Wildman–Crippen MR) is 69.2 cm³/mol. The van der Waals surface area contributed by atoms with E-state index in [-0.39, 0.29) is 13.0 Å². The number of hydrogen-bond acceptors (Lipinski definition) is 5. The van der Waals surface area contributed by atoms with Crippen LogP contribution in [0.4, 0.5) is 14.5 Å². The summed E-state index contributed by atoms with van der Waals surface area (Å²) in [6.45, 7) is 0.279. The van der Waals surface area contributed by atoms with Gasteiger partial charge in [0, 0.05) is 18.7 Å². The van der Waals surface area contributed by atoms with Crippen molar-refractivity contribution in [3.8, 4) is 0 Å². The largest absolute Gasteiger partial charge is 0.396 e. The molecule has 0 atom stereocenters. The molecule has 3 rings (SSSR count). The summed E-state index contributed by atoms with van der Waals surface area (Å²) in [5, 5.41) is 7.76. The van der Waals surface area contributed by atoms with Crippen molar-refractivity contribution < 1.29 is 13.3 Å². The first-order valence-electron chi connectivity index (χ1n) is 6.13. The second-order valence-electron chi connectivity index (χ2n) is 4.53. The van der Waals surface area contributed by atoms with Gasteiger partial charge in [-0.25, -0.2) is 8.78 Å². The monoisotopic (exact) mass is 291 g/mol. The van der Waals surface area contributed by atoms with Crippen molar-refractivity contribution in [2.24, 2.45) is 0 Å². The van der Waals surface area contributed by atoms with Gasteiger partial charge in [-0.1, -0.05) is 5.16 Å². The van der Waals surface area contributed by atoms with Crippen LogP contribution in [0.1, 0.15) is 17.3 Å². The number of nitrogens with zero attached hydrogens (tertiary/aromatic N) is 4. The minimum Gasteiger partial charge on any atom is -0.396 e. The van der Waals surface area contributed by atoms with Crippen LogP contribution in [-0.2, 0) is 13.0 Å². The molecule has 0 bridgehead atoms. The second-order valence-corrected chi connectivity index (χ2v) is 4.53. The summed E-state index contributed by atoms with van der Waals surface area (Å²) in [6.07, 6.45) is 3.32. The lowest BCUT2D eigenvalue weighted by molar-refractivity contribution is 0.362. The fourth-order valence-electron chi connectivity index (χ4n) is 1.93. The van der Waals surface area contributed by atoms with Gasteiger partial charge in [-0.15, -0.1) is 0 Å². The fourth-order valence-corrected chi connectivity index (χ4v) is 1.93. The minimum atomic E-state index is -0.638. The third-order valence-corrected chi connectivity index (χ3v) is 2.75. The summed E-state index contributed by atoms with van der Waals surface area (Å²) in [5.41, 5.74) is 6.51. The second kappa shape index (κ2) is 5.31. The van der Waals surface area contributed by atoms with E-state index in [1.54, 1.807) is 10.9 Å². The van der Waals surface area contributed by atoms with Crippen LogP contribution in [0.15, 0.2) is 35.1 Å². The zero-order valence-corrected chi connectivity index (χ0v) is 10.8. The van der Waals surface area contributed by atoms with Crippen LogP contribution in [0, 0.1) is 11.6 Å². The van der Waals surface area contributed by atoms with Crippen LogP contribution in [0.3, 0.4) is 0 Å². The molecule has 2 aromatic heterocycles. The molecule has 21 heavy (non-hydrogen) atoms. The van der Waals surface area contributed by atoms with Crippen LogP contribution >= 0.6 is 0 Å². The SMILES string of the molecule is Nc1cnn(Cc2nc(Cc3cc(F)cc(F)c3)no2)c1. The van der Waals surface area contributed by atoms with Gasteiger partial charge in [-0.3, -0.25) is 4.68 Å². The van der Waals surface area contributed by atoms with Crippen LogP contribution in [0.5, 0.6) is 0 Å². The van der Waals surface area contributed by atoms with Gasteiger partial charge in [0.2, 0.25) is 5.89 Å². The van der Waals surface area contributed by atoms with Gasteiger partial charge >= 0.3 is 0 Å². The minimum absolute atomic E-state index is 0.180. The topological polar surface area (TPSA) is 82.8 Å². The van der Waals surface area contributed by atoms with E-state index in [1.807, 2.05) is 0 Å². The molecule has 0 aliphatic rings. The van der Waals surface area contributed by atoms with Crippen molar-refractivity contribution >= 4 is 5.69 Å². The molecular formula is C13H11F2N5O.